The average Bonchev–Trinajstić information content (AvgIpc) is 2.44. The molecule has 0 unspecified atom stereocenters. The third-order valence-corrected chi connectivity index (χ3v) is 4.06. The van der Waals surface area contributed by atoms with Crippen LogP contribution in [-0.2, 0) is 6.54 Å². The molecule has 1 saturated heterocycles. The normalized spacial score (nSPS) is 17.6. The van der Waals surface area contributed by atoms with Crippen LogP contribution >= 0.6 is 0 Å². The van der Waals surface area contributed by atoms with Crippen LogP contribution in [0.2, 0.25) is 0 Å². The Morgan fingerprint density at radius 3 is 2.60 bits per heavy atom. The lowest BCUT2D eigenvalue weighted by Gasteiger charge is -2.35. The summed E-state index contributed by atoms with van der Waals surface area (Å²) in [6.45, 7) is 5.47. The summed E-state index contributed by atoms with van der Waals surface area (Å²) in [5.41, 5.74) is 0.958. The number of nitrogens with zero attached hydrogens (tertiary/aromatic N) is 2. The zero-order valence-corrected chi connectivity index (χ0v) is 12.8. The number of hydrogen-bond acceptors (Lipinski definition) is 4. The SMILES string of the molecule is CCOc1cccc(CN2CCC(N(C)C)CC2)c1O. The molecule has 112 valence electrons. The molecule has 1 N–H and O–H groups in total. The quantitative estimate of drug-likeness (QED) is 0.896. The summed E-state index contributed by atoms with van der Waals surface area (Å²) in [4.78, 5) is 4.72. The first-order valence-corrected chi connectivity index (χ1v) is 7.44. The summed E-state index contributed by atoms with van der Waals surface area (Å²) in [6.07, 6.45) is 2.39. The molecule has 1 fully saturated rings. The lowest BCUT2D eigenvalue weighted by atomic mass is 10.0. The third-order valence-electron chi connectivity index (χ3n) is 4.06. The summed E-state index contributed by atoms with van der Waals surface area (Å²) in [5.74, 6) is 0.886. The van der Waals surface area contributed by atoms with Crippen molar-refractivity contribution in [1.82, 2.24) is 9.80 Å². The molecule has 0 bridgehead atoms. The summed E-state index contributed by atoms with van der Waals surface area (Å²) < 4.78 is 5.44. The van der Waals surface area contributed by atoms with Gasteiger partial charge >= 0.3 is 0 Å². The van der Waals surface area contributed by atoms with E-state index in [1.807, 2.05) is 25.1 Å². The molecule has 20 heavy (non-hydrogen) atoms. The van der Waals surface area contributed by atoms with Crippen molar-refractivity contribution in [1.29, 1.82) is 0 Å². The Labute approximate surface area is 122 Å². The zero-order chi connectivity index (χ0) is 14.5. The van der Waals surface area contributed by atoms with Crippen molar-refractivity contribution in [2.75, 3.05) is 33.8 Å². The number of hydrogen-bond donors (Lipinski definition) is 1. The Bertz CT molecular complexity index is 426. The topological polar surface area (TPSA) is 35.9 Å². The smallest absolute Gasteiger partial charge is 0.162 e. The van der Waals surface area contributed by atoms with Gasteiger partial charge in [0, 0.05) is 18.2 Å². The Hall–Kier alpha value is -1.26. The Kier molecular flexibility index (Phi) is 5.26. The van der Waals surface area contributed by atoms with E-state index >= 15 is 0 Å². The summed E-state index contributed by atoms with van der Waals surface area (Å²) in [5, 5.41) is 10.2. The Morgan fingerprint density at radius 2 is 2.00 bits per heavy atom. The predicted molar refractivity (Wildman–Crippen MR) is 81.3 cm³/mol. The highest BCUT2D eigenvalue weighted by atomic mass is 16.5. The molecule has 1 aliphatic rings. The van der Waals surface area contributed by atoms with Gasteiger partial charge in [-0.2, -0.15) is 0 Å². The number of para-hydroxylation sites is 1. The maximum atomic E-state index is 10.2. The fraction of sp³-hybridized carbons (Fsp3) is 0.625. The highest BCUT2D eigenvalue weighted by molar-refractivity contribution is 5.45. The molecule has 0 radical (unpaired) electrons. The van der Waals surface area contributed by atoms with E-state index in [9.17, 15) is 5.11 Å². The van der Waals surface area contributed by atoms with E-state index < -0.39 is 0 Å². The molecule has 1 aromatic rings. The van der Waals surface area contributed by atoms with Gasteiger partial charge in [-0.3, -0.25) is 4.90 Å². The van der Waals surface area contributed by atoms with Gasteiger partial charge in [0.15, 0.2) is 11.5 Å². The number of phenolic OH excluding ortho intramolecular Hbond substituents is 1. The van der Waals surface area contributed by atoms with Crippen molar-refractivity contribution < 1.29 is 9.84 Å². The van der Waals surface area contributed by atoms with Crippen LogP contribution in [0.3, 0.4) is 0 Å². The molecular formula is C16H26N2O2. The van der Waals surface area contributed by atoms with E-state index in [0.29, 0.717) is 24.1 Å². The molecule has 4 heteroatoms. The van der Waals surface area contributed by atoms with Crippen LogP contribution < -0.4 is 4.74 Å². The van der Waals surface area contributed by atoms with Crippen LogP contribution in [0.1, 0.15) is 25.3 Å². The van der Waals surface area contributed by atoms with Crippen molar-refractivity contribution in [3.05, 3.63) is 23.8 Å². The number of piperidine rings is 1. The van der Waals surface area contributed by atoms with E-state index in [2.05, 4.69) is 23.9 Å². The van der Waals surface area contributed by atoms with Gasteiger partial charge in [0.1, 0.15) is 0 Å². The second-order valence-corrected chi connectivity index (χ2v) is 5.67. The molecule has 1 aromatic carbocycles. The molecule has 1 heterocycles. The minimum atomic E-state index is 0.295. The number of benzene rings is 1. The third kappa shape index (κ3) is 3.64. The van der Waals surface area contributed by atoms with Crippen LogP contribution in [0.5, 0.6) is 11.5 Å². The van der Waals surface area contributed by atoms with Gasteiger partial charge in [-0.05, 0) is 53.0 Å². The molecule has 2 rings (SSSR count). The monoisotopic (exact) mass is 278 g/mol. The molecule has 1 aliphatic heterocycles. The van der Waals surface area contributed by atoms with Gasteiger partial charge in [-0.1, -0.05) is 12.1 Å². The maximum absolute atomic E-state index is 10.2. The van der Waals surface area contributed by atoms with Crippen LogP contribution in [0.4, 0.5) is 0 Å². The number of phenols is 1. The first kappa shape index (κ1) is 15.1. The van der Waals surface area contributed by atoms with Crippen LogP contribution in [0, 0.1) is 0 Å². The van der Waals surface area contributed by atoms with Crippen LogP contribution in [-0.4, -0.2) is 54.7 Å². The molecule has 0 atom stereocenters. The predicted octanol–water partition coefficient (Wildman–Crippen LogP) is 2.32. The molecule has 0 spiro atoms. The first-order valence-electron chi connectivity index (χ1n) is 7.44. The van der Waals surface area contributed by atoms with Gasteiger partial charge in [0.2, 0.25) is 0 Å². The van der Waals surface area contributed by atoms with Crippen LogP contribution in [0.25, 0.3) is 0 Å². The molecule has 0 amide bonds. The number of ether oxygens (including phenoxy) is 1. The fourth-order valence-corrected chi connectivity index (χ4v) is 2.80. The van der Waals surface area contributed by atoms with Gasteiger partial charge in [-0.15, -0.1) is 0 Å². The van der Waals surface area contributed by atoms with Crippen LogP contribution in [0.15, 0.2) is 18.2 Å². The minimum absolute atomic E-state index is 0.295. The van der Waals surface area contributed by atoms with Gasteiger partial charge in [0.25, 0.3) is 0 Å². The Balaban J connectivity index is 1.96. The van der Waals surface area contributed by atoms with Crippen molar-refractivity contribution >= 4 is 0 Å². The summed E-state index contributed by atoms with van der Waals surface area (Å²) in [7, 11) is 4.30. The maximum Gasteiger partial charge on any atom is 0.162 e. The van der Waals surface area contributed by atoms with Crippen molar-refractivity contribution in [3.63, 3.8) is 0 Å². The second kappa shape index (κ2) is 6.95. The standard InChI is InChI=1S/C16H26N2O2/c1-4-20-15-7-5-6-13(16(15)19)12-18-10-8-14(9-11-18)17(2)3/h5-7,14,19H,4,8-12H2,1-3H3. The Morgan fingerprint density at radius 1 is 1.30 bits per heavy atom. The second-order valence-electron chi connectivity index (χ2n) is 5.67. The first-order chi connectivity index (χ1) is 9.61. The fourth-order valence-electron chi connectivity index (χ4n) is 2.80. The summed E-state index contributed by atoms with van der Waals surface area (Å²) in [6, 6.07) is 6.44. The highest BCUT2D eigenvalue weighted by Crippen LogP contribution is 2.31. The van der Waals surface area contributed by atoms with E-state index in [-0.39, 0.29) is 0 Å². The number of aromatic hydroxyl groups is 1. The largest absolute Gasteiger partial charge is 0.504 e. The van der Waals surface area contributed by atoms with Gasteiger partial charge in [0.05, 0.1) is 6.61 Å². The molecule has 0 saturated carbocycles. The minimum Gasteiger partial charge on any atom is -0.504 e. The lowest BCUT2D eigenvalue weighted by molar-refractivity contribution is 0.139. The number of rotatable bonds is 5. The van der Waals surface area contributed by atoms with E-state index in [1.54, 1.807) is 0 Å². The van der Waals surface area contributed by atoms with E-state index in [1.165, 1.54) is 12.8 Å². The lowest BCUT2D eigenvalue weighted by Crippen LogP contribution is -2.41. The zero-order valence-electron chi connectivity index (χ0n) is 12.8. The molecule has 0 aliphatic carbocycles. The molecular weight excluding hydrogens is 252 g/mol. The van der Waals surface area contributed by atoms with Crippen molar-refractivity contribution in [2.45, 2.75) is 32.4 Å². The number of likely N-dealkylation sites (tertiary alicyclic amines) is 1. The van der Waals surface area contributed by atoms with Crippen molar-refractivity contribution in [2.24, 2.45) is 0 Å². The highest BCUT2D eigenvalue weighted by Gasteiger charge is 2.21. The molecule has 0 aromatic heterocycles. The van der Waals surface area contributed by atoms with Gasteiger partial charge < -0.3 is 14.7 Å². The van der Waals surface area contributed by atoms with Gasteiger partial charge in [-0.25, -0.2) is 0 Å². The summed E-state index contributed by atoms with van der Waals surface area (Å²) >= 11 is 0. The van der Waals surface area contributed by atoms with E-state index in [4.69, 9.17) is 4.74 Å². The average molecular weight is 278 g/mol. The van der Waals surface area contributed by atoms with E-state index in [0.717, 1.165) is 25.2 Å². The molecule has 4 nitrogen and oxygen atoms in total. The van der Waals surface area contributed by atoms with Crippen molar-refractivity contribution in [3.8, 4) is 11.5 Å².